The van der Waals surface area contributed by atoms with E-state index in [0.29, 0.717) is 19.5 Å². The van der Waals surface area contributed by atoms with Crippen LogP contribution in [0.25, 0.3) is 0 Å². The summed E-state index contributed by atoms with van der Waals surface area (Å²) in [5, 5.41) is 2.76. The molecule has 0 saturated carbocycles. The molecular weight excluding hydrogens is 202 g/mol. The van der Waals surface area contributed by atoms with E-state index in [1.165, 1.54) is 0 Å². The molecule has 4 nitrogen and oxygen atoms in total. The average molecular weight is 221 g/mol. The Balaban J connectivity index is 2.34. The van der Waals surface area contributed by atoms with Gasteiger partial charge in [-0.05, 0) is 24.9 Å². The van der Waals surface area contributed by atoms with Crippen molar-refractivity contribution in [2.45, 2.75) is 18.9 Å². The number of hydrogen-bond acceptors (Lipinski definition) is 3. The highest BCUT2D eigenvalue weighted by atomic mass is 16.2. The van der Waals surface area contributed by atoms with E-state index in [0.717, 1.165) is 12.0 Å². The summed E-state index contributed by atoms with van der Waals surface area (Å²) in [7, 11) is 0. The Hall–Kier alpha value is -1.39. The number of carbonyl (C=O) groups is 1. The number of amides is 1. The van der Waals surface area contributed by atoms with Crippen LogP contribution in [0.2, 0.25) is 0 Å². The van der Waals surface area contributed by atoms with E-state index in [1.807, 2.05) is 30.3 Å². The van der Waals surface area contributed by atoms with Crippen LogP contribution >= 0.6 is 0 Å². The quantitative estimate of drug-likeness (QED) is 0.592. The number of benzene rings is 1. The van der Waals surface area contributed by atoms with Crippen LogP contribution in [-0.2, 0) is 11.2 Å². The summed E-state index contributed by atoms with van der Waals surface area (Å²) in [5.74, 6) is -0.114. The van der Waals surface area contributed by atoms with Gasteiger partial charge in [0.25, 0.3) is 0 Å². The molecule has 1 atom stereocenters. The molecule has 0 spiro atoms. The smallest absolute Gasteiger partial charge is 0.237 e. The predicted molar refractivity (Wildman–Crippen MR) is 64.8 cm³/mol. The summed E-state index contributed by atoms with van der Waals surface area (Å²) in [6, 6.07) is 9.26. The molecule has 0 aliphatic carbocycles. The van der Waals surface area contributed by atoms with E-state index >= 15 is 0 Å². The summed E-state index contributed by atoms with van der Waals surface area (Å²) >= 11 is 0. The molecular formula is C12H19N3O. The molecule has 4 heteroatoms. The maximum atomic E-state index is 11.5. The van der Waals surface area contributed by atoms with E-state index in [9.17, 15) is 4.79 Å². The summed E-state index contributed by atoms with van der Waals surface area (Å²) in [5.41, 5.74) is 12.2. The van der Waals surface area contributed by atoms with Gasteiger partial charge in [0, 0.05) is 6.54 Å². The fourth-order valence-electron chi connectivity index (χ4n) is 1.41. The first-order valence-electron chi connectivity index (χ1n) is 5.51. The molecule has 5 N–H and O–H groups in total. The fraction of sp³-hybridized carbons (Fsp3) is 0.417. The molecule has 16 heavy (non-hydrogen) atoms. The summed E-state index contributed by atoms with van der Waals surface area (Å²) in [6.07, 6.45) is 1.35. The van der Waals surface area contributed by atoms with Gasteiger partial charge in [0.05, 0.1) is 6.04 Å². The summed E-state index contributed by atoms with van der Waals surface area (Å²) in [4.78, 5) is 11.5. The molecule has 0 fully saturated rings. The first kappa shape index (κ1) is 12.7. The van der Waals surface area contributed by atoms with Crippen LogP contribution in [-0.4, -0.2) is 25.0 Å². The minimum atomic E-state index is -0.486. The maximum absolute atomic E-state index is 11.5. The molecule has 0 saturated heterocycles. The average Bonchev–Trinajstić information content (AvgIpc) is 2.30. The third kappa shape index (κ3) is 4.42. The van der Waals surface area contributed by atoms with Gasteiger partial charge in [0.1, 0.15) is 0 Å². The van der Waals surface area contributed by atoms with E-state index in [1.54, 1.807) is 0 Å². The molecule has 1 aromatic carbocycles. The van der Waals surface area contributed by atoms with Crippen molar-refractivity contribution < 1.29 is 4.79 Å². The minimum Gasteiger partial charge on any atom is -0.355 e. The molecule has 0 aliphatic rings. The molecule has 1 rings (SSSR count). The maximum Gasteiger partial charge on any atom is 0.237 e. The Morgan fingerprint density at radius 2 is 2.00 bits per heavy atom. The van der Waals surface area contributed by atoms with Crippen molar-refractivity contribution in [1.29, 1.82) is 0 Å². The van der Waals surface area contributed by atoms with E-state index in [-0.39, 0.29) is 5.91 Å². The highest BCUT2D eigenvalue weighted by molar-refractivity contribution is 5.81. The van der Waals surface area contributed by atoms with Gasteiger partial charge in [-0.1, -0.05) is 30.3 Å². The SMILES string of the molecule is NCCCNC(=O)[C@@H](N)Cc1ccccc1. The van der Waals surface area contributed by atoms with Gasteiger partial charge in [0.2, 0.25) is 5.91 Å². The van der Waals surface area contributed by atoms with E-state index in [2.05, 4.69) is 5.32 Å². The highest BCUT2D eigenvalue weighted by Gasteiger charge is 2.12. The van der Waals surface area contributed by atoms with E-state index in [4.69, 9.17) is 11.5 Å². The summed E-state index contributed by atoms with van der Waals surface area (Å²) in [6.45, 7) is 1.17. The Morgan fingerprint density at radius 3 is 2.62 bits per heavy atom. The van der Waals surface area contributed by atoms with Gasteiger partial charge in [0.15, 0.2) is 0 Å². The summed E-state index contributed by atoms with van der Waals surface area (Å²) < 4.78 is 0. The normalized spacial score (nSPS) is 12.1. The lowest BCUT2D eigenvalue weighted by molar-refractivity contribution is -0.122. The third-order valence-electron chi connectivity index (χ3n) is 2.32. The van der Waals surface area contributed by atoms with Crippen molar-refractivity contribution in [3.8, 4) is 0 Å². The molecule has 0 radical (unpaired) electrons. The third-order valence-corrected chi connectivity index (χ3v) is 2.32. The monoisotopic (exact) mass is 221 g/mol. The number of rotatable bonds is 6. The fourth-order valence-corrected chi connectivity index (χ4v) is 1.41. The second-order valence-corrected chi connectivity index (χ2v) is 3.73. The molecule has 0 aliphatic heterocycles. The molecule has 0 aromatic heterocycles. The lowest BCUT2D eigenvalue weighted by atomic mass is 10.1. The van der Waals surface area contributed by atoms with Gasteiger partial charge in [-0.25, -0.2) is 0 Å². The number of hydrogen-bond donors (Lipinski definition) is 3. The molecule has 1 aromatic rings. The van der Waals surface area contributed by atoms with Crippen LogP contribution in [0.15, 0.2) is 30.3 Å². The largest absolute Gasteiger partial charge is 0.355 e. The molecule has 0 heterocycles. The van der Waals surface area contributed by atoms with Gasteiger partial charge < -0.3 is 16.8 Å². The second kappa shape index (κ2) is 6.98. The molecule has 88 valence electrons. The van der Waals surface area contributed by atoms with Crippen LogP contribution in [0.4, 0.5) is 0 Å². The van der Waals surface area contributed by atoms with Crippen molar-refractivity contribution in [3.63, 3.8) is 0 Å². The van der Waals surface area contributed by atoms with Gasteiger partial charge in [-0.15, -0.1) is 0 Å². The number of nitrogens with one attached hydrogen (secondary N) is 1. The zero-order valence-electron chi connectivity index (χ0n) is 9.36. The van der Waals surface area contributed by atoms with Crippen molar-refractivity contribution in [3.05, 3.63) is 35.9 Å². The van der Waals surface area contributed by atoms with Crippen LogP contribution in [0.3, 0.4) is 0 Å². The topological polar surface area (TPSA) is 81.1 Å². The van der Waals surface area contributed by atoms with Crippen molar-refractivity contribution in [2.24, 2.45) is 11.5 Å². The Labute approximate surface area is 96.0 Å². The molecule has 0 bridgehead atoms. The lowest BCUT2D eigenvalue weighted by Gasteiger charge is -2.11. The van der Waals surface area contributed by atoms with Crippen LogP contribution in [0, 0.1) is 0 Å². The van der Waals surface area contributed by atoms with Crippen molar-refractivity contribution in [1.82, 2.24) is 5.32 Å². The lowest BCUT2D eigenvalue weighted by Crippen LogP contribution is -2.42. The number of carbonyl (C=O) groups excluding carboxylic acids is 1. The minimum absolute atomic E-state index is 0.114. The first-order chi connectivity index (χ1) is 7.74. The predicted octanol–water partition coefficient (Wildman–Crippen LogP) is 0.0214. The first-order valence-corrected chi connectivity index (χ1v) is 5.51. The van der Waals surface area contributed by atoms with Crippen LogP contribution in [0.1, 0.15) is 12.0 Å². The van der Waals surface area contributed by atoms with Crippen LogP contribution in [0.5, 0.6) is 0 Å². The second-order valence-electron chi connectivity index (χ2n) is 3.73. The van der Waals surface area contributed by atoms with E-state index < -0.39 is 6.04 Å². The Morgan fingerprint density at radius 1 is 1.31 bits per heavy atom. The van der Waals surface area contributed by atoms with Gasteiger partial charge >= 0.3 is 0 Å². The van der Waals surface area contributed by atoms with Crippen molar-refractivity contribution in [2.75, 3.05) is 13.1 Å². The van der Waals surface area contributed by atoms with Crippen LogP contribution < -0.4 is 16.8 Å². The standard InChI is InChI=1S/C12H19N3O/c13-7-4-8-15-12(16)11(14)9-10-5-2-1-3-6-10/h1-3,5-6,11H,4,7-9,13-14H2,(H,15,16)/t11-/m0/s1. The van der Waals surface area contributed by atoms with Gasteiger partial charge in [-0.3, -0.25) is 4.79 Å². The molecule has 0 unspecified atom stereocenters. The molecule has 1 amide bonds. The zero-order valence-corrected chi connectivity index (χ0v) is 9.36. The number of nitrogens with two attached hydrogens (primary N) is 2. The Kier molecular flexibility index (Phi) is 5.53. The highest BCUT2D eigenvalue weighted by Crippen LogP contribution is 2.01. The van der Waals surface area contributed by atoms with Gasteiger partial charge in [-0.2, -0.15) is 0 Å². The van der Waals surface area contributed by atoms with Crippen molar-refractivity contribution >= 4 is 5.91 Å². The Bertz CT molecular complexity index is 313. The zero-order chi connectivity index (χ0) is 11.8.